The largest absolute Gasteiger partial charge is 0.462 e. The van der Waals surface area contributed by atoms with Crippen molar-refractivity contribution in [2.24, 2.45) is 0 Å². The highest BCUT2D eigenvalue weighted by Crippen LogP contribution is 2.32. The van der Waals surface area contributed by atoms with Crippen molar-refractivity contribution < 1.29 is 19.1 Å². The van der Waals surface area contributed by atoms with Crippen LogP contribution in [0.15, 0.2) is 54.6 Å². The summed E-state index contributed by atoms with van der Waals surface area (Å²) >= 11 is 7.37. The molecule has 4 rings (SSSR count). The second kappa shape index (κ2) is 11.4. The van der Waals surface area contributed by atoms with Gasteiger partial charge >= 0.3 is 12.0 Å². The molecule has 4 aromatic rings. The van der Waals surface area contributed by atoms with Crippen molar-refractivity contribution in [3.8, 4) is 5.00 Å². The van der Waals surface area contributed by atoms with Crippen molar-refractivity contribution in [1.29, 1.82) is 0 Å². The lowest BCUT2D eigenvalue weighted by Gasteiger charge is -2.11. The number of hydrogen-bond donors (Lipinski definition) is 2. The summed E-state index contributed by atoms with van der Waals surface area (Å²) < 4.78 is 6.80. The zero-order valence-electron chi connectivity index (χ0n) is 20.4. The molecule has 0 aliphatic rings. The van der Waals surface area contributed by atoms with Gasteiger partial charge in [-0.25, -0.2) is 9.59 Å². The van der Waals surface area contributed by atoms with Crippen molar-refractivity contribution in [2.45, 2.75) is 27.3 Å². The van der Waals surface area contributed by atoms with Gasteiger partial charge in [-0.2, -0.15) is 0 Å². The van der Waals surface area contributed by atoms with Crippen LogP contribution in [-0.4, -0.2) is 39.2 Å². The number of urea groups is 1. The first kappa shape index (κ1) is 26.1. The van der Waals surface area contributed by atoms with Gasteiger partial charge in [0.05, 0.1) is 23.7 Å². The van der Waals surface area contributed by atoms with Crippen LogP contribution in [0, 0.1) is 13.8 Å². The number of halogens is 1. The zero-order valence-corrected chi connectivity index (χ0v) is 21.9. The minimum absolute atomic E-state index is 0.0187. The number of carbonyl (C=O) groups is 3. The number of carbonyl (C=O) groups excluding carboxylic acids is 3. The predicted molar refractivity (Wildman–Crippen MR) is 142 cm³/mol. The lowest BCUT2D eigenvalue weighted by Crippen LogP contribution is -2.29. The van der Waals surface area contributed by atoms with E-state index in [0.29, 0.717) is 27.9 Å². The molecule has 0 unspecified atom stereocenters. The number of esters is 1. The standard InChI is InChI=1S/C26H24ClN5O4S/c1-4-36-25(34)21-13-19(23(33)18-10-5-6-11-20(18)27)24(37-21)32-16(3)30-31-22(32)14-28-26(35)29-17-9-7-8-15(2)12-17/h5-13H,4,14H2,1-3H3,(H2,28,29,35). The van der Waals surface area contributed by atoms with E-state index in [9.17, 15) is 14.4 Å². The lowest BCUT2D eigenvalue weighted by atomic mass is 10.0. The van der Waals surface area contributed by atoms with Gasteiger partial charge in [0.2, 0.25) is 0 Å². The molecule has 2 heterocycles. The third-order valence-corrected chi connectivity index (χ3v) is 6.76. The van der Waals surface area contributed by atoms with Gasteiger partial charge in [0.1, 0.15) is 15.7 Å². The summed E-state index contributed by atoms with van der Waals surface area (Å²) in [6.45, 7) is 5.57. The topological polar surface area (TPSA) is 115 Å². The predicted octanol–water partition coefficient (Wildman–Crippen LogP) is 5.33. The summed E-state index contributed by atoms with van der Waals surface area (Å²) in [7, 11) is 0. The molecule has 0 saturated carbocycles. The van der Waals surface area contributed by atoms with Crippen LogP contribution in [0.5, 0.6) is 0 Å². The van der Waals surface area contributed by atoms with Crippen LogP contribution in [0.4, 0.5) is 10.5 Å². The summed E-state index contributed by atoms with van der Waals surface area (Å²) in [4.78, 5) is 38.8. The van der Waals surface area contributed by atoms with Crippen LogP contribution < -0.4 is 10.6 Å². The maximum absolute atomic E-state index is 13.5. The molecule has 2 amide bonds. The molecule has 0 aliphatic carbocycles. The number of benzene rings is 2. The molecule has 0 spiro atoms. The Kier molecular flexibility index (Phi) is 8.00. The summed E-state index contributed by atoms with van der Waals surface area (Å²) in [6, 6.07) is 15.2. The highest BCUT2D eigenvalue weighted by molar-refractivity contribution is 7.16. The molecule has 11 heteroatoms. The number of thiophene rings is 1. The van der Waals surface area contributed by atoms with Gasteiger partial charge in [-0.3, -0.25) is 9.36 Å². The summed E-state index contributed by atoms with van der Waals surface area (Å²) in [6.07, 6.45) is 0. The first-order valence-electron chi connectivity index (χ1n) is 11.4. The maximum atomic E-state index is 13.5. The molecule has 0 saturated heterocycles. The highest BCUT2D eigenvalue weighted by atomic mass is 35.5. The molecule has 0 aliphatic heterocycles. The van der Waals surface area contributed by atoms with Crippen LogP contribution in [0.1, 0.15) is 49.7 Å². The third kappa shape index (κ3) is 5.87. The number of hydrogen-bond acceptors (Lipinski definition) is 7. The molecule has 190 valence electrons. The SMILES string of the molecule is CCOC(=O)c1cc(C(=O)c2ccccc2Cl)c(-n2c(C)nnc2CNC(=O)Nc2cccc(C)c2)s1. The number of ketones is 1. The van der Waals surface area contributed by atoms with Crippen molar-refractivity contribution in [2.75, 3.05) is 11.9 Å². The average Bonchev–Trinajstić information content (AvgIpc) is 3.46. The van der Waals surface area contributed by atoms with Crippen LogP contribution in [0.2, 0.25) is 5.02 Å². The number of ether oxygens (including phenoxy) is 1. The van der Waals surface area contributed by atoms with E-state index in [-0.39, 0.29) is 34.4 Å². The van der Waals surface area contributed by atoms with E-state index in [1.165, 1.54) is 6.07 Å². The molecule has 0 bridgehead atoms. The monoisotopic (exact) mass is 537 g/mol. The van der Waals surface area contributed by atoms with E-state index in [1.807, 2.05) is 25.1 Å². The van der Waals surface area contributed by atoms with Gasteiger partial charge in [0, 0.05) is 11.3 Å². The minimum Gasteiger partial charge on any atom is -0.462 e. The molecule has 37 heavy (non-hydrogen) atoms. The smallest absolute Gasteiger partial charge is 0.348 e. The fourth-order valence-corrected chi connectivity index (χ4v) is 4.99. The highest BCUT2D eigenvalue weighted by Gasteiger charge is 2.26. The number of aryl methyl sites for hydroxylation is 2. The minimum atomic E-state index is -0.546. The Balaban J connectivity index is 1.67. The van der Waals surface area contributed by atoms with Crippen LogP contribution in [-0.2, 0) is 11.3 Å². The Morgan fingerprint density at radius 2 is 1.81 bits per heavy atom. The van der Waals surface area contributed by atoms with Crippen molar-refractivity contribution >= 4 is 46.4 Å². The van der Waals surface area contributed by atoms with Gasteiger partial charge in [-0.15, -0.1) is 21.5 Å². The van der Waals surface area contributed by atoms with Gasteiger partial charge in [0.25, 0.3) is 0 Å². The number of aromatic nitrogens is 3. The Bertz CT molecular complexity index is 1480. The van der Waals surface area contributed by atoms with E-state index in [2.05, 4.69) is 20.8 Å². The zero-order chi connectivity index (χ0) is 26.5. The Morgan fingerprint density at radius 1 is 1.03 bits per heavy atom. The molecule has 0 radical (unpaired) electrons. The molecule has 2 N–H and O–H groups in total. The molecule has 0 fully saturated rings. The quantitative estimate of drug-likeness (QED) is 0.232. The second-order valence-electron chi connectivity index (χ2n) is 8.03. The van der Waals surface area contributed by atoms with Gasteiger partial charge in [-0.1, -0.05) is 35.9 Å². The normalized spacial score (nSPS) is 10.7. The summed E-state index contributed by atoms with van der Waals surface area (Å²) in [5, 5.41) is 14.6. The molecule has 2 aromatic heterocycles. The number of anilines is 1. The van der Waals surface area contributed by atoms with Crippen LogP contribution >= 0.6 is 22.9 Å². The third-order valence-electron chi connectivity index (χ3n) is 5.33. The maximum Gasteiger partial charge on any atom is 0.348 e. The number of rotatable bonds is 8. The molecule has 9 nitrogen and oxygen atoms in total. The fraction of sp³-hybridized carbons (Fsp3) is 0.192. The molecule has 2 aromatic carbocycles. The van der Waals surface area contributed by atoms with E-state index < -0.39 is 12.0 Å². The van der Waals surface area contributed by atoms with Crippen molar-refractivity contribution in [3.63, 3.8) is 0 Å². The summed E-state index contributed by atoms with van der Waals surface area (Å²) in [5.41, 5.74) is 2.20. The first-order valence-corrected chi connectivity index (χ1v) is 12.6. The first-order chi connectivity index (χ1) is 17.8. The number of nitrogens with one attached hydrogen (secondary N) is 2. The number of amides is 2. The van der Waals surface area contributed by atoms with Crippen molar-refractivity contribution in [3.05, 3.63) is 92.8 Å². The Morgan fingerprint density at radius 3 is 2.54 bits per heavy atom. The Hall–Kier alpha value is -4.02. The van der Waals surface area contributed by atoms with Gasteiger partial charge < -0.3 is 15.4 Å². The van der Waals surface area contributed by atoms with Crippen molar-refractivity contribution in [1.82, 2.24) is 20.1 Å². The summed E-state index contributed by atoms with van der Waals surface area (Å²) in [5.74, 6) is -0.0600. The fourth-order valence-electron chi connectivity index (χ4n) is 3.65. The van der Waals surface area contributed by atoms with Crippen LogP contribution in [0.3, 0.4) is 0 Å². The molecular formula is C26H24ClN5O4S. The van der Waals surface area contributed by atoms with E-state index in [0.717, 1.165) is 16.9 Å². The average molecular weight is 538 g/mol. The molecular weight excluding hydrogens is 514 g/mol. The van der Waals surface area contributed by atoms with E-state index in [1.54, 1.807) is 48.7 Å². The van der Waals surface area contributed by atoms with Gasteiger partial charge in [0.15, 0.2) is 11.6 Å². The van der Waals surface area contributed by atoms with E-state index >= 15 is 0 Å². The molecule has 0 atom stereocenters. The second-order valence-corrected chi connectivity index (χ2v) is 9.47. The Labute approximate surface area is 222 Å². The van der Waals surface area contributed by atoms with Gasteiger partial charge in [-0.05, 0) is 56.7 Å². The van der Waals surface area contributed by atoms with E-state index in [4.69, 9.17) is 16.3 Å². The number of nitrogens with zero attached hydrogens (tertiary/aromatic N) is 3. The lowest BCUT2D eigenvalue weighted by molar-refractivity contribution is 0.0532. The van der Waals surface area contributed by atoms with Crippen LogP contribution in [0.25, 0.3) is 5.00 Å².